The van der Waals surface area contributed by atoms with Gasteiger partial charge in [-0.2, -0.15) is 0 Å². The standard InChI is InChI=1S/C36H36Cl2N2O7S/c1-6-9-27-32(35(42)46-8-3)33(25-19-24(43-4)13-15-28(25)44-5)40-34(41)31(48-36(40)39-27)17-21-10-14-29(30(16-21)45-7-2)47-20-22-11-12-23(37)18-26(22)38/h10-19,33H,6-9,20H2,1-5H3/b31-17-/t33-/m0/s1. The summed E-state index contributed by atoms with van der Waals surface area (Å²) in [5.41, 5.74) is 2.62. The molecule has 1 atom stereocenters. The van der Waals surface area contributed by atoms with E-state index in [1.807, 2.05) is 32.0 Å². The summed E-state index contributed by atoms with van der Waals surface area (Å²) in [5, 5.41) is 1.05. The van der Waals surface area contributed by atoms with Crippen molar-refractivity contribution in [2.24, 2.45) is 4.99 Å². The van der Waals surface area contributed by atoms with Crippen LogP contribution in [-0.2, 0) is 16.1 Å². The predicted molar refractivity (Wildman–Crippen MR) is 188 cm³/mol. The fraction of sp³-hybridized carbons (Fsp3) is 0.306. The number of fused-ring (bicyclic) bond motifs is 1. The van der Waals surface area contributed by atoms with Crippen molar-refractivity contribution in [3.63, 3.8) is 0 Å². The number of ether oxygens (including phenoxy) is 5. The maximum atomic E-state index is 14.3. The number of carbonyl (C=O) groups is 1. The molecule has 0 fully saturated rings. The van der Waals surface area contributed by atoms with E-state index < -0.39 is 12.0 Å². The van der Waals surface area contributed by atoms with Gasteiger partial charge in [-0.3, -0.25) is 9.36 Å². The van der Waals surface area contributed by atoms with Crippen molar-refractivity contribution in [3.05, 3.63) is 112 Å². The predicted octanol–water partition coefficient (Wildman–Crippen LogP) is 6.88. The van der Waals surface area contributed by atoms with Gasteiger partial charge in [-0.25, -0.2) is 9.79 Å². The maximum absolute atomic E-state index is 14.3. The van der Waals surface area contributed by atoms with Crippen LogP contribution in [0.1, 0.15) is 56.3 Å². The summed E-state index contributed by atoms with van der Waals surface area (Å²) in [6.07, 6.45) is 3.03. The van der Waals surface area contributed by atoms with Gasteiger partial charge in [0.2, 0.25) is 0 Å². The zero-order valence-electron chi connectivity index (χ0n) is 27.3. The van der Waals surface area contributed by atoms with Gasteiger partial charge >= 0.3 is 5.97 Å². The van der Waals surface area contributed by atoms with Gasteiger partial charge in [-0.15, -0.1) is 0 Å². The van der Waals surface area contributed by atoms with Crippen LogP contribution >= 0.6 is 34.5 Å². The lowest BCUT2D eigenvalue weighted by Gasteiger charge is -2.27. The first-order chi connectivity index (χ1) is 23.2. The zero-order valence-corrected chi connectivity index (χ0v) is 29.6. The number of thiazole rings is 1. The van der Waals surface area contributed by atoms with E-state index in [0.717, 1.165) is 17.5 Å². The fourth-order valence-electron chi connectivity index (χ4n) is 5.42. The SMILES string of the molecule is CCCC1=C(C(=O)OCC)[C@H](c2cc(OC)ccc2OC)n2c(s/c(=C\c3ccc(OCc4ccc(Cl)cc4Cl)c(OCC)c3)c2=O)=N1. The van der Waals surface area contributed by atoms with Gasteiger partial charge in [-0.05, 0) is 74.4 Å². The molecule has 0 saturated heterocycles. The van der Waals surface area contributed by atoms with Crippen molar-refractivity contribution in [2.75, 3.05) is 27.4 Å². The molecule has 0 aliphatic carbocycles. The lowest BCUT2D eigenvalue weighted by Crippen LogP contribution is -2.40. The number of hydrogen-bond donors (Lipinski definition) is 0. The summed E-state index contributed by atoms with van der Waals surface area (Å²) in [7, 11) is 3.10. The Kier molecular flexibility index (Phi) is 11.5. The molecule has 1 aromatic heterocycles. The first-order valence-electron chi connectivity index (χ1n) is 15.5. The van der Waals surface area contributed by atoms with Gasteiger partial charge in [0, 0.05) is 21.2 Å². The minimum atomic E-state index is -0.858. The van der Waals surface area contributed by atoms with Gasteiger partial charge < -0.3 is 23.7 Å². The number of benzene rings is 3. The van der Waals surface area contributed by atoms with Crippen molar-refractivity contribution < 1.29 is 28.5 Å². The Morgan fingerprint density at radius 1 is 0.938 bits per heavy atom. The van der Waals surface area contributed by atoms with E-state index in [0.29, 0.717) is 72.2 Å². The monoisotopic (exact) mass is 710 g/mol. The fourth-order valence-corrected chi connectivity index (χ4v) is 6.90. The van der Waals surface area contributed by atoms with Crippen LogP contribution in [0.25, 0.3) is 6.08 Å². The van der Waals surface area contributed by atoms with Crippen LogP contribution in [0.2, 0.25) is 10.0 Å². The lowest BCUT2D eigenvalue weighted by atomic mass is 9.93. The third-order valence-electron chi connectivity index (χ3n) is 7.59. The van der Waals surface area contributed by atoms with Crippen LogP contribution in [0.5, 0.6) is 23.0 Å². The molecule has 0 unspecified atom stereocenters. The van der Waals surface area contributed by atoms with Crippen LogP contribution in [0.15, 0.2) is 75.7 Å². The summed E-state index contributed by atoms with van der Waals surface area (Å²) >= 11 is 13.6. The Morgan fingerprint density at radius 3 is 2.42 bits per heavy atom. The van der Waals surface area contributed by atoms with Gasteiger partial charge in [0.25, 0.3) is 5.56 Å². The van der Waals surface area contributed by atoms with Crippen molar-refractivity contribution in [1.82, 2.24) is 4.57 Å². The average molecular weight is 712 g/mol. The van der Waals surface area contributed by atoms with Crippen LogP contribution < -0.4 is 33.8 Å². The Bertz CT molecular complexity index is 2040. The minimum Gasteiger partial charge on any atom is -0.497 e. The van der Waals surface area contributed by atoms with Crippen LogP contribution in [-0.4, -0.2) is 38.0 Å². The van der Waals surface area contributed by atoms with E-state index in [1.54, 1.807) is 63.6 Å². The minimum absolute atomic E-state index is 0.169. The van der Waals surface area contributed by atoms with Crippen molar-refractivity contribution >= 4 is 46.6 Å². The highest BCUT2D eigenvalue weighted by molar-refractivity contribution is 7.07. The second kappa shape index (κ2) is 15.8. The molecule has 12 heteroatoms. The number of methoxy groups -OCH3 is 2. The smallest absolute Gasteiger partial charge is 0.338 e. The lowest BCUT2D eigenvalue weighted by molar-refractivity contribution is -0.139. The Balaban J connectivity index is 1.63. The number of halogens is 2. The molecular formula is C36H36Cl2N2O7S. The Labute approximate surface area is 292 Å². The van der Waals surface area contributed by atoms with Gasteiger partial charge in [0.15, 0.2) is 16.3 Å². The summed E-state index contributed by atoms with van der Waals surface area (Å²) in [5.74, 6) is 1.54. The number of carbonyl (C=O) groups excluding carboxylic acids is 1. The molecule has 4 aromatic rings. The quantitative estimate of drug-likeness (QED) is 0.140. The maximum Gasteiger partial charge on any atom is 0.338 e. The zero-order chi connectivity index (χ0) is 34.4. The van der Waals surface area contributed by atoms with E-state index in [-0.39, 0.29) is 18.8 Å². The number of aromatic nitrogens is 1. The second-order valence-electron chi connectivity index (χ2n) is 10.7. The highest BCUT2D eigenvalue weighted by atomic mass is 35.5. The first-order valence-corrected chi connectivity index (χ1v) is 17.1. The highest BCUT2D eigenvalue weighted by Crippen LogP contribution is 2.39. The molecule has 0 bridgehead atoms. The van der Waals surface area contributed by atoms with Gasteiger partial charge in [-0.1, -0.05) is 60.0 Å². The van der Waals surface area contributed by atoms with E-state index >= 15 is 0 Å². The topological polar surface area (TPSA) is 97.6 Å². The molecule has 5 rings (SSSR count). The highest BCUT2D eigenvalue weighted by Gasteiger charge is 2.36. The molecule has 0 spiro atoms. The van der Waals surface area contributed by atoms with Gasteiger partial charge in [0.1, 0.15) is 24.1 Å². The second-order valence-corrected chi connectivity index (χ2v) is 12.5. The number of esters is 1. The Morgan fingerprint density at radius 2 is 1.73 bits per heavy atom. The molecular weight excluding hydrogens is 675 g/mol. The van der Waals surface area contributed by atoms with Crippen molar-refractivity contribution in [2.45, 2.75) is 46.3 Å². The molecule has 0 amide bonds. The number of nitrogens with zero attached hydrogens (tertiary/aromatic N) is 2. The average Bonchev–Trinajstić information content (AvgIpc) is 3.38. The summed E-state index contributed by atoms with van der Waals surface area (Å²) in [6.45, 7) is 6.42. The molecule has 3 aromatic carbocycles. The molecule has 2 heterocycles. The van der Waals surface area contributed by atoms with Gasteiger partial charge in [0.05, 0.1) is 43.2 Å². The third-order valence-corrected chi connectivity index (χ3v) is 9.16. The van der Waals surface area contributed by atoms with Crippen LogP contribution in [0.3, 0.4) is 0 Å². The molecule has 252 valence electrons. The summed E-state index contributed by atoms with van der Waals surface area (Å²) in [6, 6.07) is 15.1. The van der Waals surface area contributed by atoms with Crippen LogP contribution in [0, 0.1) is 0 Å². The summed E-state index contributed by atoms with van der Waals surface area (Å²) < 4.78 is 30.7. The van der Waals surface area contributed by atoms with E-state index in [4.69, 9.17) is 51.9 Å². The first kappa shape index (κ1) is 35.1. The summed E-state index contributed by atoms with van der Waals surface area (Å²) in [4.78, 5) is 33.2. The van der Waals surface area contributed by atoms with Crippen LogP contribution in [0.4, 0.5) is 0 Å². The molecule has 0 N–H and O–H groups in total. The third kappa shape index (κ3) is 7.41. The number of hydrogen-bond acceptors (Lipinski definition) is 9. The molecule has 9 nitrogen and oxygen atoms in total. The molecule has 1 aliphatic heterocycles. The van der Waals surface area contributed by atoms with E-state index in [9.17, 15) is 9.59 Å². The molecule has 48 heavy (non-hydrogen) atoms. The largest absolute Gasteiger partial charge is 0.497 e. The Hall–Kier alpha value is -4.25. The molecule has 0 radical (unpaired) electrons. The van der Waals surface area contributed by atoms with Crippen molar-refractivity contribution in [1.29, 1.82) is 0 Å². The number of allylic oxidation sites excluding steroid dienone is 1. The molecule has 0 saturated carbocycles. The number of rotatable bonds is 13. The molecule has 1 aliphatic rings. The van der Waals surface area contributed by atoms with Crippen molar-refractivity contribution in [3.8, 4) is 23.0 Å². The normalized spacial score (nSPS) is 14.3. The van der Waals surface area contributed by atoms with E-state index in [2.05, 4.69) is 0 Å². The van der Waals surface area contributed by atoms with E-state index in [1.165, 1.54) is 15.9 Å².